The smallest absolute Gasteiger partial charge is 0.0149 e. The van der Waals surface area contributed by atoms with Crippen molar-refractivity contribution in [1.82, 2.24) is 0 Å². The van der Waals surface area contributed by atoms with Crippen LogP contribution >= 0.6 is 0 Å². The summed E-state index contributed by atoms with van der Waals surface area (Å²) in [5.74, 6) is 0. The number of rotatable bonds is 18. The van der Waals surface area contributed by atoms with Crippen molar-refractivity contribution in [3.05, 3.63) is 34.9 Å². The molecule has 1 aromatic carbocycles. The Morgan fingerprint density at radius 2 is 1.04 bits per heavy atom. The Labute approximate surface area is 171 Å². The third-order valence-corrected chi connectivity index (χ3v) is 6.00. The minimum Gasteiger partial charge on any atom is -0.0654 e. The molecule has 1 radical (unpaired) electrons. The van der Waals surface area contributed by atoms with Crippen molar-refractivity contribution in [2.45, 2.75) is 136 Å². The number of aryl methyl sites for hydroxylation is 2. The predicted octanol–water partition coefficient (Wildman–Crippen LogP) is 9.16. The van der Waals surface area contributed by atoms with Gasteiger partial charge in [0.05, 0.1) is 0 Å². The molecule has 0 saturated carbocycles. The second-order valence-corrected chi connectivity index (χ2v) is 8.56. The topological polar surface area (TPSA) is 0 Å². The maximum atomic E-state index is 3.45. The second-order valence-electron chi connectivity index (χ2n) is 8.56. The monoisotopic (exact) mass is 371 g/mol. The van der Waals surface area contributed by atoms with E-state index in [4.69, 9.17) is 0 Å². The van der Waals surface area contributed by atoms with E-state index in [9.17, 15) is 0 Å². The van der Waals surface area contributed by atoms with Gasteiger partial charge in [-0.05, 0) is 55.4 Å². The Hall–Kier alpha value is -0.780. The summed E-state index contributed by atoms with van der Waals surface area (Å²) in [6.45, 7) is 6.85. The van der Waals surface area contributed by atoms with Crippen LogP contribution in [0.25, 0.3) is 0 Å². The van der Waals surface area contributed by atoms with Gasteiger partial charge in [-0.2, -0.15) is 0 Å². The highest BCUT2D eigenvalue weighted by molar-refractivity contribution is 5.34. The molecule has 0 heteroatoms. The zero-order valence-electron chi connectivity index (χ0n) is 18.9. The number of hydrogen-bond donors (Lipinski definition) is 0. The van der Waals surface area contributed by atoms with Crippen LogP contribution in [-0.2, 0) is 12.8 Å². The minimum atomic E-state index is 1.27. The SMILES string of the molecule is CCCCCCCCCCc1cc[c]c(C)c1CCCCCCCCCC. The highest BCUT2D eigenvalue weighted by atomic mass is 14.1. The molecule has 0 nitrogen and oxygen atoms in total. The third kappa shape index (κ3) is 12.3. The number of hydrogen-bond acceptors (Lipinski definition) is 0. The van der Waals surface area contributed by atoms with E-state index in [2.05, 4.69) is 39.0 Å². The Kier molecular flexibility index (Phi) is 15.6. The van der Waals surface area contributed by atoms with Gasteiger partial charge in [0.1, 0.15) is 0 Å². The maximum absolute atomic E-state index is 3.45. The Morgan fingerprint density at radius 3 is 1.56 bits per heavy atom. The molecular weight excluding hydrogens is 324 g/mol. The molecule has 0 aliphatic rings. The minimum absolute atomic E-state index is 1.27. The molecule has 0 unspecified atom stereocenters. The molecule has 1 aromatic rings. The van der Waals surface area contributed by atoms with Gasteiger partial charge in [0.15, 0.2) is 0 Å². The van der Waals surface area contributed by atoms with E-state index in [0.717, 1.165) is 0 Å². The van der Waals surface area contributed by atoms with Gasteiger partial charge in [0.2, 0.25) is 0 Å². The summed E-state index contributed by atoms with van der Waals surface area (Å²) in [6.07, 6.45) is 25.1. The maximum Gasteiger partial charge on any atom is -0.0149 e. The molecule has 155 valence electrons. The summed E-state index contributed by atoms with van der Waals surface area (Å²) >= 11 is 0. The van der Waals surface area contributed by atoms with Gasteiger partial charge in [0, 0.05) is 0 Å². The first kappa shape index (κ1) is 24.3. The predicted molar refractivity (Wildman–Crippen MR) is 123 cm³/mol. The fourth-order valence-corrected chi connectivity index (χ4v) is 4.16. The van der Waals surface area contributed by atoms with E-state index in [0.29, 0.717) is 0 Å². The number of unbranched alkanes of at least 4 members (excludes halogenated alkanes) is 14. The lowest BCUT2D eigenvalue weighted by molar-refractivity contribution is 0.570. The van der Waals surface area contributed by atoms with E-state index < -0.39 is 0 Å². The highest BCUT2D eigenvalue weighted by Gasteiger charge is 2.06. The van der Waals surface area contributed by atoms with Gasteiger partial charge in [-0.25, -0.2) is 0 Å². The van der Waals surface area contributed by atoms with Crippen molar-refractivity contribution in [3.8, 4) is 0 Å². The number of benzene rings is 1. The Morgan fingerprint density at radius 1 is 0.593 bits per heavy atom. The molecule has 0 N–H and O–H groups in total. The zero-order valence-corrected chi connectivity index (χ0v) is 18.9. The normalized spacial score (nSPS) is 11.2. The molecule has 1 rings (SSSR count). The summed E-state index contributed by atoms with van der Waals surface area (Å²) in [7, 11) is 0. The second kappa shape index (κ2) is 17.3. The Bertz CT molecular complexity index is 445. The van der Waals surface area contributed by atoms with Crippen LogP contribution in [0.5, 0.6) is 0 Å². The fraction of sp³-hybridized carbons (Fsp3) is 0.778. The first-order chi connectivity index (χ1) is 13.3. The molecule has 0 aliphatic heterocycles. The van der Waals surface area contributed by atoms with E-state index in [1.165, 1.54) is 121 Å². The molecule has 0 atom stereocenters. The molecular formula is C27H47. The van der Waals surface area contributed by atoms with E-state index in [1.54, 1.807) is 11.1 Å². The van der Waals surface area contributed by atoms with Crippen LogP contribution in [0.3, 0.4) is 0 Å². The van der Waals surface area contributed by atoms with Crippen molar-refractivity contribution in [2.75, 3.05) is 0 Å². The van der Waals surface area contributed by atoms with Crippen LogP contribution in [-0.4, -0.2) is 0 Å². The summed E-state index contributed by atoms with van der Waals surface area (Å²) in [5, 5.41) is 0. The van der Waals surface area contributed by atoms with E-state index in [1.807, 2.05) is 0 Å². The van der Waals surface area contributed by atoms with Gasteiger partial charge in [0.25, 0.3) is 0 Å². The van der Waals surface area contributed by atoms with Gasteiger partial charge >= 0.3 is 0 Å². The molecule has 0 heterocycles. The molecule has 27 heavy (non-hydrogen) atoms. The van der Waals surface area contributed by atoms with Crippen LogP contribution in [0, 0.1) is 13.0 Å². The van der Waals surface area contributed by atoms with Crippen LogP contribution in [0.2, 0.25) is 0 Å². The van der Waals surface area contributed by atoms with Gasteiger partial charge in [-0.3, -0.25) is 0 Å². The highest BCUT2D eigenvalue weighted by Crippen LogP contribution is 2.20. The summed E-state index contributed by atoms with van der Waals surface area (Å²) < 4.78 is 0. The quantitative estimate of drug-likeness (QED) is 0.226. The molecule has 0 aromatic heterocycles. The summed E-state index contributed by atoms with van der Waals surface area (Å²) in [4.78, 5) is 0. The lowest BCUT2D eigenvalue weighted by atomic mass is 9.93. The fourth-order valence-electron chi connectivity index (χ4n) is 4.16. The molecule has 0 bridgehead atoms. The average Bonchev–Trinajstić information content (AvgIpc) is 2.67. The molecule has 0 aliphatic carbocycles. The molecule has 0 saturated heterocycles. The van der Waals surface area contributed by atoms with E-state index in [-0.39, 0.29) is 0 Å². The average molecular weight is 372 g/mol. The van der Waals surface area contributed by atoms with Crippen molar-refractivity contribution in [2.24, 2.45) is 0 Å². The van der Waals surface area contributed by atoms with E-state index >= 15 is 0 Å². The first-order valence-corrected chi connectivity index (χ1v) is 12.3. The van der Waals surface area contributed by atoms with Crippen molar-refractivity contribution in [1.29, 1.82) is 0 Å². The molecule has 0 amide bonds. The zero-order chi connectivity index (χ0) is 19.6. The summed E-state index contributed by atoms with van der Waals surface area (Å²) in [6, 6.07) is 7.93. The van der Waals surface area contributed by atoms with Crippen molar-refractivity contribution < 1.29 is 0 Å². The third-order valence-electron chi connectivity index (χ3n) is 6.00. The van der Waals surface area contributed by atoms with Crippen LogP contribution in [0.1, 0.15) is 133 Å². The largest absolute Gasteiger partial charge is 0.0654 e. The van der Waals surface area contributed by atoms with Crippen LogP contribution in [0.15, 0.2) is 12.1 Å². The van der Waals surface area contributed by atoms with Gasteiger partial charge in [-0.15, -0.1) is 0 Å². The summed E-state index contributed by atoms with van der Waals surface area (Å²) in [5.41, 5.74) is 4.63. The lowest BCUT2D eigenvalue weighted by Crippen LogP contribution is -1.99. The lowest BCUT2D eigenvalue weighted by Gasteiger charge is -2.13. The van der Waals surface area contributed by atoms with Crippen LogP contribution in [0.4, 0.5) is 0 Å². The van der Waals surface area contributed by atoms with Crippen LogP contribution < -0.4 is 0 Å². The van der Waals surface area contributed by atoms with Gasteiger partial charge in [-0.1, -0.05) is 116 Å². The van der Waals surface area contributed by atoms with Crippen molar-refractivity contribution >= 4 is 0 Å². The standard InChI is InChI=1S/C27H47/c1-4-6-8-10-12-14-16-18-22-26-23-20-21-25(3)27(26)24-19-17-15-13-11-9-7-5-2/h20,23H,4-19,22,24H2,1-3H3. The Balaban J connectivity index is 2.21. The molecule has 0 fully saturated rings. The van der Waals surface area contributed by atoms with Gasteiger partial charge < -0.3 is 0 Å². The van der Waals surface area contributed by atoms with Crippen molar-refractivity contribution in [3.63, 3.8) is 0 Å². The first-order valence-electron chi connectivity index (χ1n) is 12.3. The molecule has 0 spiro atoms.